The molecule has 0 saturated carbocycles. The van der Waals surface area contributed by atoms with Gasteiger partial charge < -0.3 is 16.5 Å². The maximum absolute atomic E-state index is 11.5. The lowest BCUT2D eigenvalue weighted by Gasteiger charge is -2.07. The van der Waals surface area contributed by atoms with Crippen molar-refractivity contribution in [2.45, 2.75) is 38.1 Å². The van der Waals surface area contributed by atoms with Gasteiger partial charge in [0.05, 0.1) is 5.84 Å². The molecule has 0 radical (unpaired) electrons. The Morgan fingerprint density at radius 2 is 2.47 bits per heavy atom. The fourth-order valence-corrected chi connectivity index (χ4v) is 1.50. The summed E-state index contributed by atoms with van der Waals surface area (Å²) in [6, 6.07) is -0.271. The average molecular weight is 210 g/mol. The summed E-state index contributed by atoms with van der Waals surface area (Å²) in [5.41, 5.74) is 5.50. The molecule has 84 valence electrons. The number of carbonyl (C=O) groups excluding carboxylic acids is 1. The van der Waals surface area contributed by atoms with Gasteiger partial charge in [-0.1, -0.05) is 0 Å². The third-order valence-corrected chi connectivity index (χ3v) is 2.37. The Morgan fingerprint density at radius 3 is 3.07 bits per heavy atom. The van der Waals surface area contributed by atoms with Gasteiger partial charge in [-0.2, -0.15) is 0 Å². The molecular weight excluding hydrogens is 192 g/mol. The lowest BCUT2D eigenvalue weighted by molar-refractivity contribution is -0.122. The van der Waals surface area contributed by atoms with Gasteiger partial charge in [-0.15, -0.1) is 0 Å². The molecule has 0 aromatic rings. The molecule has 15 heavy (non-hydrogen) atoms. The number of carbonyl (C=O) groups is 1. The molecule has 0 fully saturated rings. The largest absolute Gasteiger partial charge is 0.387 e. The monoisotopic (exact) mass is 210 g/mol. The Bertz CT molecular complexity index is 262. The molecule has 1 atom stereocenters. The molecule has 4 N–H and O–H groups in total. The van der Waals surface area contributed by atoms with E-state index in [0.29, 0.717) is 12.4 Å². The number of hydrogen-bond acceptors (Lipinski definition) is 4. The highest BCUT2D eigenvalue weighted by Gasteiger charge is 2.22. The topological polar surface area (TPSA) is 91.3 Å². The number of unbranched alkanes of at least 4 members (excludes halogenated alkanes) is 2. The van der Waals surface area contributed by atoms with E-state index in [0.717, 1.165) is 32.1 Å². The van der Waals surface area contributed by atoms with Crippen molar-refractivity contribution >= 4 is 18.0 Å². The van der Waals surface area contributed by atoms with Crippen molar-refractivity contribution in [1.29, 1.82) is 5.41 Å². The lowest BCUT2D eigenvalue weighted by Crippen LogP contribution is -2.33. The maximum atomic E-state index is 11.5. The number of aliphatic imine (C=N–C) groups is 1. The second-order valence-electron chi connectivity index (χ2n) is 3.67. The number of nitrogens with two attached hydrogens (primary N) is 1. The van der Waals surface area contributed by atoms with Crippen molar-refractivity contribution in [1.82, 2.24) is 5.32 Å². The highest BCUT2D eigenvalue weighted by atomic mass is 16.2. The van der Waals surface area contributed by atoms with Gasteiger partial charge in [0.15, 0.2) is 0 Å². The lowest BCUT2D eigenvalue weighted by atomic mass is 10.2. The number of amidine groups is 1. The van der Waals surface area contributed by atoms with Crippen molar-refractivity contribution < 1.29 is 4.79 Å². The molecule has 0 aromatic carbocycles. The Kier molecular flexibility index (Phi) is 4.80. The molecule has 1 amide bonds. The number of amides is 1. The fraction of sp³-hybridized carbons (Fsp3) is 0.700. The summed E-state index contributed by atoms with van der Waals surface area (Å²) in [5.74, 6) is 0.559. The minimum Gasteiger partial charge on any atom is -0.387 e. The molecule has 1 aliphatic heterocycles. The summed E-state index contributed by atoms with van der Waals surface area (Å²) >= 11 is 0. The molecule has 0 bridgehead atoms. The van der Waals surface area contributed by atoms with Gasteiger partial charge in [-0.05, 0) is 31.9 Å². The first-order valence-electron chi connectivity index (χ1n) is 5.33. The number of hydrogen-bond donors (Lipinski definition) is 3. The average Bonchev–Trinajstić information content (AvgIpc) is 2.64. The van der Waals surface area contributed by atoms with Crippen LogP contribution in [0.4, 0.5) is 0 Å². The van der Waals surface area contributed by atoms with Gasteiger partial charge in [-0.25, -0.2) is 0 Å². The third-order valence-electron chi connectivity index (χ3n) is 2.37. The summed E-state index contributed by atoms with van der Waals surface area (Å²) in [7, 11) is 0. The predicted octanol–water partition coefficient (Wildman–Crippen LogP) is 0.442. The summed E-state index contributed by atoms with van der Waals surface area (Å²) in [6.45, 7) is 0.665. The third kappa shape index (κ3) is 4.10. The van der Waals surface area contributed by atoms with Crippen LogP contribution in [0.1, 0.15) is 32.1 Å². The molecular formula is C10H18N4O. The first-order chi connectivity index (χ1) is 7.24. The van der Waals surface area contributed by atoms with Crippen molar-refractivity contribution in [3.05, 3.63) is 0 Å². The van der Waals surface area contributed by atoms with Crippen LogP contribution in [0.15, 0.2) is 4.99 Å². The van der Waals surface area contributed by atoms with E-state index in [9.17, 15) is 4.79 Å². The molecule has 0 spiro atoms. The van der Waals surface area contributed by atoms with Crippen LogP contribution >= 0.6 is 0 Å². The maximum Gasteiger partial charge on any atom is 0.244 e. The molecule has 0 aromatic heterocycles. The van der Waals surface area contributed by atoms with Crippen LogP contribution in [0, 0.1) is 5.41 Å². The van der Waals surface area contributed by atoms with Crippen LogP contribution in [-0.2, 0) is 4.79 Å². The van der Waals surface area contributed by atoms with Gasteiger partial charge in [0.2, 0.25) is 5.91 Å². The molecule has 1 heterocycles. The zero-order valence-corrected chi connectivity index (χ0v) is 8.83. The summed E-state index contributed by atoms with van der Waals surface area (Å²) in [4.78, 5) is 15.6. The van der Waals surface area contributed by atoms with Crippen molar-refractivity contribution in [2.75, 3.05) is 6.54 Å². The highest BCUT2D eigenvalue weighted by Crippen LogP contribution is 2.10. The Balaban J connectivity index is 2.11. The van der Waals surface area contributed by atoms with Gasteiger partial charge in [0.1, 0.15) is 6.04 Å². The van der Waals surface area contributed by atoms with Crippen LogP contribution in [0.25, 0.3) is 0 Å². The van der Waals surface area contributed by atoms with E-state index in [-0.39, 0.29) is 11.9 Å². The zero-order valence-electron chi connectivity index (χ0n) is 8.83. The Morgan fingerprint density at radius 1 is 1.67 bits per heavy atom. The van der Waals surface area contributed by atoms with Crippen molar-refractivity contribution in [3.63, 3.8) is 0 Å². The van der Waals surface area contributed by atoms with Crippen LogP contribution in [-0.4, -0.2) is 30.5 Å². The Labute approximate surface area is 89.6 Å². The summed E-state index contributed by atoms with van der Waals surface area (Å²) < 4.78 is 0. The Hall–Kier alpha value is -1.39. The molecule has 0 aliphatic carbocycles. The fourth-order valence-electron chi connectivity index (χ4n) is 1.50. The van der Waals surface area contributed by atoms with Crippen molar-refractivity contribution in [2.24, 2.45) is 10.7 Å². The van der Waals surface area contributed by atoms with E-state index in [2.05, 4.69) is 10.3 Å². The van der Waals surface area contributed by atoms with E-state index >= 15 is 0 Å². The van der Waals surface area contributed by atoms with Crippen LogP contribution in [0.5, 0.6) is 0 Å². The first-order valence-corrected chi connectivity index (χ1v) is 5.33. The highest BCUT2D eigenvalue weighted by molar-refractivity contribution is 5.90. The van der Waals surface area contributed by atoms with E-state index < -0.39 is 0 Å². The molecule has 5 nitrogen and oxygen atoms in total. The standard InChI is InChI=1S/C10H18N4O/c11-6-2-1-3-7-13-10(15)8-4-5-9(12)14-8/h6,8,11H,1-5,7H2,(H2,12,14)(H,13,15). The second kappa shape index (κ2) is 6.16. The quantitative estimate of drug-likeness (QED) is 0.438. The second-order valence-corrected chi connectivity index (χ2v) is 3.67. The minimum atomic E-state index is -0.271. The summed E-state index contributed by atoms with van der Waals surface area (Å²) in [5, 5.41) is 9.66. The van der Waals surface area contributed by atoms with Crippen LogP contribution in [0.2, 0.25) is 0 Å². The predicted molar refractivity (Wildman–Crippen MR) is 60.3 cm³/mol. The van der Waals surface area contributed by atoms with Crippen LogP contribution < -0.4 is 11.1 Å². The van der Waals surface area contributed by atoms with Gasteiger partial charge in [0, 0.05) is 13.0 Å². The molecule has 1 rings (SSSR count). The van der Waals surface area contributed by atoms with Gasteiger partial charge in [-0.3, -0.25) is 9.79 Å². The van der Waals surface area contributed by atoms with Gasteiger partial charge in [0.25, 0.3) is 0 Å². The van der Waals surface area contributed by atoms with Crippen molar-refractivity contribution in [3.8, 4) is 0 Å². The molecule has 5 heteroatoms. The summed E-state index contributed by atoms with van der Waals surface area (Å²) in [6.07, 6.45) is 5.49. The van der Waals surface area contributed by atoms with Crippen LogP contribution in [0.3, 0.4) is 0 Å². The van der Waals surface area contributed by atoms with E-state index in [4.69, 9.17) is 11.1 Å². The molecule has 0 saturated heterocycles. The van der Waals surface area contributed by atoms with E-state index in [1.165, 1.54) is 6.21 Å². The van der Waals surface area contributed by atoms with E-state index in [1.807, 2.05) is 0 Å². The first kappa shape index (κ1) is 11.7. The normalized spacial score (nSPS) is 19.7. The SMILES string of the molecule is N=CCCCCNC(=O)C1CCC(N)=N1. The number of rotatable bonds is 6. The van der Waals surface area contributed by atoms with Gasteiger partial charge >= 0.3 is 0 Å². The number of nitrogens with zero attached hydrogens (tertiary/aromatic N) is 1. The smallest absolute Gasteiger partial charge is 0.244 e. The molecule has 1 unspecified atom stereocenters. The van der Waals surface area contributed by atoms with E-state index in [1.54, 1.807) is 0 Å². The zero-order chi connectivity index (χ0) is 11.1. The minimum absolute atomic E-state index is 0.0229. The molecule has 1 aliphatic rings. The number of nitrogens with one attached hydrogen (secondary N) is 2.